The van der Waals surface area contributed by atoms with Gasteiger partial charge in [0.2, 0.25) is 9.05 Å². The Morgan fingerprint density at radius 3 is 2.00 bits per heavy atom. The van der Waals surface area contributed by atoms with Crippen LogP contribution in [0.2, 0.25) is 0 Å². The van der Waals surface area contributed by atoms with Crippen LogP contribution in [0.5, 0.6) is 0 Å². The molecular formula is C11H23ClO3S. The van der Waals surface area contributed by atoms with Gasteiger partial charge in [-0.2, -0.15) is 0 Å². The van der Waals surface area contributed by atoms with Gasteiger partial charge in [-0.1, -0.05) is 34.6 Å². The quantitative estimate of drug-likeness (QED) is 0.697. The summed E-state index contributed by atoms with van der Waals surface area (Å²) in [6, 6.07) is 0. The first-order valence-corrected chi connectivity index (χ1v) is 8.00. The van der Waals surface area contributed by atoms with Gasteiger partial charge in [0.1, 0.15) is 0 Å². The molecule has 0 N–H and O–H groups in total. The molecule has 0 radical (unpaired) electrons. The zero-order chi connectivity index (χ0) is 13.0. The average Bonchev–Trinajstić information content (AvgIpc) is 1.97. The van der Waals surface area contributed by atoms with Gasteiger partial charge in [-0.25, -0.2) is 8.42 Å². The van der Waals surface area contributed by atoms with Gasteiger partial charge < -0.3 is 4.74 Å². The first kappa shape index (κ1) is 16.2. The van der Waals surface area contributed by atoms with Crippen molar-refractivity contribution in [1.29, 1.82) is 0 Å². The summed E-state index contributed by atoms with van der Waals surface area (Å²) in [5.41, 5.74) is -0.126. The number of hydrogen-bond donors (Lipinski definition) is 0. The lowest BCUT2D eigenvalue weighted by Crippen LogP contribution is -2.31. The monoisotopic (exact) mass is 270 g/mol. The highest BCUT2D eigenvalue weighted by molar-refractivity contribution is 8.13. The Balaban J connectivity index is 4.35. The van der Waals surface area contributed by atoms with Crippen LogP contribution >= 0.6 is 10.7 Å². The zero-order valence-corrected chi connectivity index (χ0v) is 12.4. The minimum atomic E-state index is -3.46. The first-order chi connectivity index (χ1) is 7.02. The number of rotatable bonds is 6. The fourth-order valence-electron chi connectivity index (χ4n) is 1.23. The first-order valence-electron chi connectivity index (χ1n) is 5.52. The smallest absolute Gasteiger partial charge is 0.232 e. The molecule has 0 amide bonds. The van der Waals surface area contributed by atoms with Gasteiger partial charge in [0.05, 0.1) is 12.4 Å². The Morgan fingerprint density at radius 2 is 1.69 bits per heavy atom. The Morgan fingerprint density at radius 1 is 1.19 bits per heavy atom. The van der Waals surface area contributed by atoms with Crippen molar-refractivity contribution in [3.8, 4) is 0 Å². The van der Waals surface area contributed by atoms with Crippen LogP contribution in [0, 0.1) is 17.3 Å². The largest absolute Gasteiger partial charge is 0.381 e. The second-order valence-corrected chi connectivity index (χ2v) is 8.52. The van der Waals surface area contributed by atoms with Crippen LogP contribution in [0.4, 0.5) is 0 Å². The summed E-state index contributed by atoms with van der Waals surface area (Å²) >= 11 is 0. The Labute approximate surface area is 104 Å². The normalized spacial score (nSPS) is 15.4. The van der Waals surface area contributed by atoms with E-state index in [-0.39, 0.29) is 17.1 Å². The van der Waals surface area contributed by atoms with Gasteiger partial charge in [-0.05, 0) is 11.3 Å². The van der Waals surface area contributed by atoms with E-state index in [2.05, 4.69) is 13.8 Å². The summed E-state index contributed by atoms with van der Waals surface area (Å²) < 4.78 is 27.7. The predicted molar refractivity (Wildman–Crippen MR) is 68.2 cm³/mol. The Kier molecular flexibility index (Phi) is 6.30. The van der Waals surface area contributed by atoms with Crippen LogP contribution < -0.4 is 0 Å². The van der Waals surface area contributed by atoms with E-state index >= 15 is 0 Å². The van der Waals surface area contributed by atoms with Crippen molar-refractivity contribution in [2.24, 2.45) is 17.3 Å². The molecule has 0 spiro atoms. The van der Waals surface area contributed by atoms with E-state index in [1.54, 1.807) is 0 Å². The van der Waals surface area contributed by atoms with E-state index in [1.165, 1.54) is 0 Å². The molecule has 5 heteroatoms. The SMILES string of the molecule is CC(C)COCC(CS(=O)(=O)Cl)C(C)(C)C. The highest BCUT2D eigenvalue weighted by atomic mass is 35.7. The third-order valence-corrected chi connectivity index (χ3v) is 3.57. The molecule has 3 nitrogen and oxygen atoms in total. The summed E-state index contributed by atoms with van der Waals surface area (Å²) in [5.74, 6) is 0.345. The summed E-state index contributed by atoms with van der Waals surface area (Å²) in [7, 11) is 1.83. The van der Waals surface area contributed by atoms with Crippen LogP contribution in [0.1, 0.15) is 34.6 Å². The molecule has 0 aromatic carbocycles. The average molecular weight is 271 g/mol. The molecule has 0 rings (SSSR count). The van der Waals surface area contributed by atoms with E-state index in [0.717, 1.165) is 0 Å². The fourth-order valence-corrected chi connectivity index (χ4v) is 2.77. The van der Waals surface area contributed by atoms with Gasteiger partial charge in [0.15, 0.2) is 0 Å². The Hall–Kier alpha value is 0.200. The van der Waals surface area contributed by atoms with Crippen molar-refractivity contribution in [3.63, 3.8) is 0 Å². The van der Waals surface area contributed by atoms with E-state index in [9.17, 15) is 8.42 Å². The molecule has 0 aliphatic rings. The number of ether oxygens (including phenoxy) is 1. The summed E-state index contributed by atoms with van der Waals surface area (Å²) in [4.78, 5) is 0. The third-order valence-electron chi connectivity index (χ3n) is 2.40. The van der Waals surface area contributed by atoms with Crippen LogP contribution in [-0.4, -0.2) is 27.4 Å². The topological polar surface area (TPSA) is 43.4 Å². The van der Waals surface area contributed by atoms with Gasteiger partial charge in [0.25, 0.3) is 0 Å². The highest BCUT2D eigenvalue weighted by Crippen LogP contribution is 2.28. The molecule has 0 bridgehead atoms. The molecule has 0 aromatic rings. The minimum absolute atomic E-state index is 0.0316. The molecule has 0 heterocycles. The number of hydrogen-bond acceptors (Lipinski definition) is 3. The lowest BCUT2D eigenvalue weighted by atomic mass is 9.82. The Bertz CT molecular complexity index is 291. The molecule has 0 saturated heterocycles. The van der Waals surface area contributed by atoms with Gasteiger partial charge in [-0.15, -0.1) is 0 Å². The third kappa shape index (κ3) is 8.36. The van der Waals surface area contributed by atoms with E-state index in [4.69, 9.17) is 15.4 Å². The lowest BCUT2D eigenvalue weighted by molar-refractivity contribution is 0.0508. The fraction of sp³-hybridized carbons (Fsp3) is 1.00. The molecule has 98 valence electrons. The molecule has 0 saturated carbocycles. The van der Waals surface area contributed by atoms with Crippen molar-refractivity contribution in [1.82, 2.24) is 0 Å². The molecule has 1 atom stereocenters. The van der Waals surface area contributed by atoms with Crippen LogP contribution in [0.15, 0.2) is 0 Å². The lowest BCUT2D eigenvalue weighted by Gasteiger charge is -2.29. The molecule has 0 fully saturated rings. The summed E-state index contributed by atoms with van der Waals surface area (Å²) in [6.07, 6.45) is 0. The molecular weight excluding hydrogens is 248 g/mol. The zero-order valence-electron chi connectivity index (χ0n) is 10.8. The molecule has 0 aliphatic carbocycles. The summed E-state index contributed by atoms with van der Waals surface area (Å²) in [6.45, 7) is 11.2. The van der Waals surface area contributed by atoms with Crippen molar-refractivity contribution < 1.29 is 13.2 Å². The maximum atomic E-state index is 11.1. The second kappa shape index (κ2) is 6.22. The summed E-state index contributed by atoms with van der Waals surface area (Å²) in [5, 5.41) is 0. The van der Waals surface area contributed by atoms with E-state index in [0.29, 0.717) is 19.1 Å². The van der Waals surface area contributed by atoms with Gasteiger partial charge in [-0.3, -0.25) is 0 Å². The molecule has 0 aromatic heterocycles. The maximum Gasteiger partial charge on any atom is 0.232 e. The van der Waals surface area contributed by atoms with E-state index in [1.807, 2.05) is 20.8 Å². The van der Waals surface area contributed by atoms with Crippen molar-refractivity contribution in [2.45, 2.75) is 34.6 Å². The minimum Gasteiger partial charge on any atom is -0.381 e. The molecule has 16 heavy (non-hydrogen) atoms. The standard InChI is InChI=1S/C11H23ClO3S/c1-9(2)6-15-7-10(11(3,4)5)8-16(12,13)14/h9-10H,6-8H2,1-5H3. The molecule has 0 aliphatic heterocycles. The highest BCUT2D eigenvalue weighted by Gasteiger charge is 2.29. The van der Waals surface area contributed by atoms with Crippen LogP contribution in [0.25, 0.3) is 0 Å². The van der Waals surface area contributed by atoms with Crippen LogP contribution in [0.3, 0.4) is 0 Å². The maximum absolute atomic E-state index is 11.1. The van der Waals surface area contributed by atoms with Crippen molar-refractivity contribution >= 4 is 19.7 Å². The number of halogens is 1. The van der Waals surface area contributed by atoms with Gasteiger partial charge in [0, 0.05) is 23.2 Å². The van der Waals surface area contributed by atoms with E-state index < -0.39 is 9.05 Å². The van der Waals surface area contributed by atoms with Gasteiger partial charge >= 0.3 is 0 Å². The predicted octanol–water partition coefficient (Wildman–Crippen LogP) is 2.89. The molecule has 1 unspecified atom stereocenters. The van der Waals surface area contributed by atoms with Crippen molar-refractivity contribution in [3.05, 3.63) is 0 Å². The van der Waals surface area contributed by atoms with Crippen LogP contribution in [-0.2, 0) is 13.8 Å². The second-order valence-electron chi connectivity index (χ2n) is 5.70. The van der Waals surface area contributed by atoms with Crippen molar-refractivity contribution in [2.75, 3.05) is 19.0 Å².